The van der Waals surface area contributed by atoms with Crippen molar-refractivity contribution in [2.75, 3.05) is 23.3 Å². The number of nitrogens with zero attached hydrogens (tertiary/aromatic N) is 7. The minimum absolute atomic E-state index is 0.108. The number of rotatable bonds is 6. The van der Waals surface area contributed by atoms with E-state index in [1.165, 1.54) is 22.9 Å². The van der Waals surface area contributed by atoms with Crippen LogP contribution in [0.15, 0.2) is 35.3 Å². The van der Waals surface area contributed by atoms with Crippen LogP contribution in [0.25, 0.3) is 11.3 Å². The van der Waals surface area contributed by atoms with E-state index in [1.54, 1.807) is 30.3 Å². The number of aryl methyl sites for hydroxylation is 2. The Balaban J connectivity index is 1.28. The summed E-state index contributed by atoms with van der Waals surface area (Å²) in [4.78, 5) is 45.2. The summed E-state index contributed by atoms with van der Waals surface area (Å²) in [6.45, 7) is 4.61. The van der Waals surface area contributed by atoms with Gasteiger partial charge in [-0.25, -0.2) is 9.67 Å². The lowest BCUT2D eigenvalue weighted by molar-refractivity contribution is -0.142. The van der Waals surface area contributed by atoms with E-state index in [0.717, 1.165) is 44.5 Å². The summed E-state index contributed by atoms with van der Waals surface area (Å²) in [6, 6.07) is 7.36. The summed E-state index contributed by atoms with van der Waals surface area (Å²) in [5, 5.41) is 15.6. The molecule has 0 bridgehead atoms. The van der Waals surface area contributed by atoms with Gasteiger partial charge in [-0.15, -0.1) is 0 Å². The molecule has 0 unspecified atom stereocenters. The molecule has 0 radical (unpaired) electrons. The molecule has 2 aliphatic heterocycles. The molecule has 43 heavy (non-hydrogen) atoms. The van der Waals surface area contributed by atoms with E-state index in [1.807, 2.05) is 16.8 Å². The number of carbonyl (C=O) groups excluding carboxylic acids is 2. The molecular formula is C30H33N9O4. The molecule has 13 heteroatoms. The standard InChI is InChI=1S/C30H33N9O4/c1-18(40)43-17-22-21(23-15-24(29(41)36(2)34-23)33-27-14-20-16-31-9-10-39(20)35-27)7-8-32-28(22)38-12-11-37-25-6-4-3-5-19(25)13-26(37)30(38)42/h7-8,13-15,31H,3-6,9-12,16-17H2,1-2H3,(H,33,35). The van der Waals surface area contributed by atoms with Crippen molar-refractivity contribution in [3.05, 3.63) is 69.0 Å². The summed E-state index contributed by atoms with van der Waals surface area (Å²) in [6.07, 6.45) is 5.86. The lowest BCUT2D eigenvalue weighted by Crippen LogP contribution is -2.41. The maximum absolute atomic E-state index is 13.9. The van der Waals surface area contributed by atoms with E-state index in [2.05, 4.69) is 30.4 Å². The second-order valence-electron chi connectivity index (χ2n) is 11.2. The van der Waals surface area contributed by atoms with Crippen molar-refractivity contribution < 1.29 is 14.3 Å². The number of nitrogens with one attached hydrogen (secondary N) is 2. The largest absolute Gasteiger partial charge is 0.461 e. The number of amides is 1. The lowest BCUT2D eigenvalue weighted by Gasteiger charge is -2.30. The molecule has 3 aliphatic rings. The van der Waals surface area contributed by atoms with Gasteiger partial charge in [0.05, 0.1) is 17.9 Å². The molecule has 222 valence electrons. The van der Waals surface area contributed by atoms with Crippen LogP contribution in [0.5, 0.6) is 0 Å². The normalized spacial score (nSPS) is 16.0. The predicted molar refractivity (Wildman–Crippen MR) is 158 cm³/mol. The predicted octanol–water partition coefficient (Wildman–Crippen LogP) is 2.29. The van der Waals surface area contributed by atoms with Crippen molar-refractivity contribution >= 4 is 29.2 Å². The number of ether oxygens (including phenoxy) is 1. The molecular weight excluding hydrogens is 550 g/mol. The molecule has 2 N–H and O–H groups in total. The molecule has 4 aromatic heterocycles. The molecule has 6 heterocycles. The first-order valence-electron chi connectivity index (χ1n) is 14.6. The fraction of sp³-hybridized carbons (Fsp3) is 0.400. The smallest absolute Gasteiger partial charge is 0.302 e. The van der Waals surface area contributed by atoms with Crippen molar-refractivity contribution in [1.82, 2.24) is 34.4 Å². The highest BCUT2D eigenvalue weighted by molar-refractivity contribution is 6.06. The molecule has 13 nitrogen and oxygen atoms in total. The number of aromatic nitrogens is 6. The molecule has 0 fully saturated rings. The number of hydrogen-bond donors (Lipinski definition) is 2. The summed E-state index contributed by atoms with van der Waals surface area (Å²) in [5.74, 6) is 0.381. The van der Waals surface area contributed by atoms with E-state index >= 15 is 0 Å². The van der Waals surface area contributed by atoms with Crippen LogP contribution in [0.4, 0.5) is 17.3 Å². The van der Waals surface area contributed by atoms with Crippen LogP contribution in [0.3, 0.4) is 0 Å². The first kappa shape index (κ1) is 27.1. The zero-order valence-electron chi connectivity index (χ0n) is 24.2. The van der Waals surface area contributed by atoms with Crippen molar-refractivity contribution in [2.24, 2.45) is 7.05 Å². The number of anilines is 3. The summed E-state index contributed by atoms with van der Waals surface area (Å²) >= 11 is 0. The minimum Gasteiger partial charge on any atom is -0.461 e. The number of fused-ring (bicyclic) bond motifs is 4. The molecule has 0 atom stereocenters. The third-order valence-corrected chi connectivity index (χ3v) is 8.40. The fourth-order valence-electron chi connectivity index (χ4n) is 6.33. The van der Waals surface area contributed by atoms with Crippen molar-refractivity contribution in [1.29, 1.82) is 0 Å². The van der Waals surface area contributed by atoms with Gasteiger partial charge >= 0.3 is 5.97 Å². The van der Waals surface area contributed by atoms with Crippen LogP contribution < -0.4 is 21.1 Å². The van der Waals surface area contributed by atoms with Crippen molar-refractivity contribution in [2.45, 2.75) is 58.8 Å². The quantitative estimate of drug-likeness (QED) is 0.327. The Bertz CT molecular complexity index is 1800. The van der Waals surface area contributed by atoms with E-state index < -0.39 is 5.97 Å². The first-order chi connectivity index (χ1) is 20.9. The Morgan fingerprint density at radius 3 is 2.79 bits per heavy atom. The number of pyridine rings is 1. The molecule has 0 saturated heterocycles. The Morgan fingerprint density at radius 2 is 1.95 bits per heavy atom. The van der Waals surface area contributed by atoms with Crippen molar-refractivity contribution in [3.63, 3.8) is 0 Å². The van der Waals surface area contributed by atoms with Gasteiger partial charge < -0.3 is 19.9 Å². The highest BCUT2D eigenvalue weighted by Crippen LogP contribution is 2.34. The van der Waals surface area contributed by atoms with Gasteiger partial charge in [-0.3, -0.25) is 24.0 Å². The molecule has 0 aromatic carbocycles. The molecule has 1 aliphatic carbocycles. The van der Waals surface area contributed by atoms with Gasteiger partial charge in [-0.1, -0.05) is 0 Å². The van der Waals surface area contributed by atoms with Crippen LogP contribution in [0, 0.1) is 0 Å². The van der Waals surface area contributed by atoms with Crippen LogP contribution in [-0.4, -0.2) is 54.1 Å². The second-order valence-corrected chi connectivity index (χ2v) is 11.2. The molecule has 0 spiro atoms. The Hall–Kier alpha value is -4.78. The molecule has 1 amide bonds. The van der Waals surface area contributed by atoms with E-state index in [4.69, 9.17) is 4.74 Å². The van der Waals surface area contributed by atoms with Gasteiger partial charge in [0.25, 0.3) is 11.5 Å². The van der Waals surface area contributed by atoms with Gasteiger partial charge in [0.2, 0.25) is 0 Å². The van der Waals surface area contributed by atoms with E-state index in [0.29, 0.717) is 59.5 Å². The van der Waals surface area contributed by atoms with E-state index in [-0.39, 0.29) is 18.1 Å². The zero-order chi connectivity index (χ0) is 29.7. The maximum Gasteiger partial charge on any atom is 0.302 e. The maximum atomic E-state index is 13.9. The number of carbonyl (C=O) groups is 2. The highest BCUT2D eigenvalue weighted by Gasteiger charge is 2.33. The SMILES string of the molecule is CC(=O)OCc1c(-c2cc(Nc3cc4n(n3)CCNC4)c(=O)n(C)n2)ccnc1N1CCn2c(cc3c2CCCC3)C1=O. The average Bonchev–Trinajstić information content (AvgIpc) is 3.60. The van der Waals surface area contributed by atoms with Gasteiger partial charge in [0, 0.05) is 69.2 Å². The molecule has 0 saturated carbocycles. The number of esters is 1. The van der Waals surface area contributed by atoms with Gasteiger partial charge in [-0.05, 0) is 49.4 Å². The third kappa shape index (κ3) is 4.88. The zero-order valence-corrected chi connectivity index (χ0v) is 24.2. The van der Waals surface area contributed by atoms with Crippen LogP contribution in [0.1, 0.15) is 52.8 Å². The molecule has 4 aromatic rings. The Labute approximate surface area is 247 Å². The van der Waals surface area contributed by atoms with E-state index in [9.17, 15) is 14.4 Å². The fourth-order valence-corrected chi connectivity index (χ4v) is 6.33. The topological polar surface area (TPSA) is 141 Å². The van der Waals surface area contributed by atoms with Gasteiger partial charge in [0.1, 0.15) is 23.8 Å². The van der Waals surface area contributed by atoms with Crippen LogP contribution >= 0.6 is 0 Å². The molecule has 7 rings (SSSR count). The Kier molecular flexibility index (Phi) is 6.80. The van der Waals surface area contributed by atoms with Gasteiger partial charge in [-0.2, -0.15) is 10.2 Å². The third-order valence-electron chi connectivity index (χ3n) is 8.40. The monoisotopic (exact) mass is 583 g/mol. The second kappa shape index (κ2) is 10.8. The lowest BCUT2D eigenvalue weighted by atomic mass is 9.98. The summed E-state index contributed by atoms with van der Waals surface area (Å²) in [5.41, 5.74) is 5.79. The average molecular weight is 584 g/mol. The van der Waals surface area contributed by atoms with Crippen LogP contribution in [-0.2, 0) is 55.7 Å². The summed E-state index contributed by atoms with van der Waals surface area (Å²) in [7, 11) is 1.58. The van der Waals surface area contributed by atoms with Crippen molar-refractivity contribution in [3.8, 4) is 11.3 Å². The first-order valence-corrected chi connectivity index (χ1v) is 14.6. The number of hydrogen-bond acceptors (Lipinski definition) is 9. The highest BCUT2D eigenvalue weighted by atomic mass is 16.5. The van der Waals surface area contributed by atoms with Gasteiger partial charge in [0.15, 0.2) is 5.82 Å². The minimum atomic E-state index is -0.457. The summed E-state index contributed by atoms with van der Waals surface area (Å²) < 4.78 is 10.8. The van der Waals surface area contributed by atoms with Crippen LogP contribution in [0.2, 0.25) is 0 Å². The Morgan fingerprint density at radius 1 is 1.09 bits per heavy atom.